The van der Waals surface area contributed by atoms with Crippen molar-refractivity contribution in [2.45, 2.75) is 0 Å². The lowest BCUT2D eigenvalue weighted by molar-refractivity contribution is 0.206. The normalized spacial score (nSPS) is 12.2. The number of hydrogen-bond acceptors (Lipinski definition) is 11. The molecular weight excluding hydrogens is 466 g/mol. The molecule has 0 bridgehead atoms. The van der Waals surface area contributed by atoms with Crippen LogP contribution in [0.25, 0.3) is 0 Å². The summed E-state index contributed by atoms with van der Waals surface area (Å²) in [5, 5.41) is 23.8. The molecule has 224 valence electrons. The lowest BCUT2D eigenvalue weighted by Gasteiger charge is -2.28. The molecule has 7 N–H and O–H groups in total. The molecule has 0 aromatic carbocycles. The van der Waals surface area contributed by atoms with Crippen LogP contribution in [0.1, 0.15) is 0 Å². The molecule has 0 amide bonds. The Morgan fingerprint density at radius 3 is 0.973 bits per heavy atom. The van der Waals surface area contributed by atoms with E-state index in [0.717, 1.165) is 131 Å². The summed E-state index contributed by atoms with van der Waals surface area (Å²) >= 11 is 0. The van der Waals surface area contributed by atoms with Crippen molar-refractivity contribution in [1.29, 1.82) is 0 Å². The molecule has 0 aliphatic rings. The van der Waals surface area contributed by atoms with Crippen molar-refractivity contribution in [2.75, 3.05) is 173 Å². The number of nitrogens with one attached hydrogen (secondary N) is 7. The van der Waals surface area contributed by atoms with Crippen LogP contribution in [0.4, 0.5) is 0 Å². The summed E-state index contributed by atoms with van der Waals surface area (Å²) in [5.41, 5.74) is 0. The van der Waals surface area contributed by atoms with Crippen molar-refractivity contribution in [1.82, 2.24) is 56.8 Å². The van der Waals surface area contributed by atoms with E-state index in [1.807, 2.05) is 28.2 Å². The van der Waals surface area contributed by atoms with Gasteiger partial charge in [0.15, 0.2) is 0 Å². The van der Waals surface area contributed by atoms with Crippen LogP contribution in [0.3, 0.4) is 0 Å². The first-order valence-corrected chi connectivity index (χ1v) is 14.6. The summed E-state index contributed by atoms with van der Waals surface area (Å²) in [7, 11) is 12.5. The third-order valence-electron chi connectivity index (χ3n) is 6.60. The molecule has 11 nitrogen and oxygen atoms in total. The van der Waals surface area contributed by atoms with Gasteiger partial charge in [-0.1, -0.05) is 0 Å². The highest BCUT2D eigenvalue weighted by Crippen LogP contribution is 1.92. The van der Waals surface area contributed by atoms with Gasteiger partial charge < -0.3 is 47.0 Å². The second-order valence-electron chi connectivity index (χ2n) is 9.95. The van der Waals surface area contributed by atoms with E-state index in [1.165, 1.54) is 0 Å². The third-order valence-corrected chi connectivity index (χ3v) is 6.60. The minimum absolute atomic E-state index is 1.02. The molecule has 0 aliphatic heterocycles. The Bertz CT molecular complexity index is 437. The van der Waals surface area contributed by atoms with Gasteiger partial charge in [0.25, 0.3) is 0 Å². The minimum Gasteiger partial charge on any atom is -0.318 e. The van der Waals surface area contributed by atoms with E-state index >= 15 is 0 Å². The molecule has 0 saturated carbocycles. The maximum absolute atomic E-state index is 3.62. The molecule has 0 atom stereocenters. The summed E-state index contributed by atoms with van der Waals surface area (Å²) in [4.78, 5) is 9.88. The average molecular weight is 532 g/mol. The van der Waals surface area contributed by atoms with Gasteiger partial charge in [-0.2, -0.15) is 0 Å². The van der Waals surface area contributed by atoms with Gasteiger partial charge in [0.1, 0.15) is 0 Å². The fourth-order valence-electron chi connectivity index (χ4n) is 3.89. The highest BCUT2D eigenvalue weighted by atomic mass is 15.2. The average Bonchev–Trinajstić information content (AvgIpc) is 2.90. The number of hydrogen-bond donors (Lipinski definition) is 7. The molecule has 0 aromatic heterocycles. The summed E-state index contributed by atoms with van der Waals surface area (Å²) in [5.74, 6) is 0. The Balaban J connectivity index is 3.82. The lowest BCUT2D eigenvalue weighted by atomic mass is 10.3. The Hall–Kier alpha value is -0.440. The Labute approximate surface area is 230 Å². The van der Waals surface area contributed by atoms with Crippen LogP contribution in [0.15, 0.2) is 0 Å². The largest absolute Gasteiger partial charge is 0.318 e. The highest BCUT2D eigenvalue weighted by molar-refractivity contribution is 4.68. The molecule has 11 heteroatoms. The molecule has 0 radical (unpaired) electrons. The van der Waals surface area contributed by atoms with E-state index in [4.69, 9.17) is 0 Å². The van der Waals surface area contributed by atoms with Gasteiger partial charge in [0.05, 0.1) is 0 Å². The van der Waals surface area contributed by atoms with Crippen LogP contribution in [0, 0.1) is 0 Å². The fourth-order valence-corrected chi connectivity index (χ4v) is 3.89. The second kappa shape index (κ2) is 28.6. The SMILES string of the molecule is CNCCN(C)CCNCCN(C)CCNCCNCCN(CCNC)CCN(CCNC)CCNC. The van der Waals surface area contributed by atoms with Gasteiger partial charge in [-0.15, -0.1) is 0 Å². The first kappa shape index (κ1) is 36.6. The summed E-state index contributed by atoms with van der Waals surface area (Å²) in [6, 6.07) is 0. The smallest absolute Gasteiger partial charge is 0.0110 e. The van der Waals surface area contributed by atoms with Crippen LogP contribution >= 0.6 is 0 Å². The molecule has 0 spiro atoms. The zero-order valence-corrected chi connectivity index (χ0v) is 25.4. The third kappa shape index (κ3) is 25.6. The van der Waals surface area contributed by atoms with Crippen LogP contribution in [-0.4, -0.2) is 193 Å². The molecular formula is C26H65N11. The van der Waals surface area contributed by atoms with E-state index < -0.39 is 0 Å². The van der Waals surface area contributed by atoms with Crippen molar-refractivity contribution >= 4 is 0 Å². The molecule has 0 aromatic rings. The van der Waals surface area contributed by atoms with E-state index in [9.17, 15) is 0 Å². The van der Waals surface area contributed by atoms with Gasteiger partial charge in [-0.05, 0) is 42.3 Å². The molecule has 0 saturated heterocycles. The van der Waals surface area contributed by atoms with E-state index in [1.54, 1.807) is 0 Å². The Kier molecular flexibility index (Phi) is 28.2. The molecule has 0 heterocycles. The zero-order valence-electron chi connectivity index (χ0n) is 25.4. The fraction of sp³-hybridized carbons (Fsp3) is 1.00. The van der Waals surface area contributed by atoms with Crippen molar-refractivity contribution in [3.8, 4) is 0 Å². The van der Waals surface area contributed by atoms with Gasteiger partial charge >= 0.3 is 0 Å². The van der Waals surface area contributed by atoms with E-state index in [2.05, 4.69) is 70.9 Å². The van der Waals surface area contributed by atoms with Crippen LogP contribution in [0.2, 0.25) is 0 Å². The van der Waals surface area contributed by atoms with Crippen molar-refractivity contribution in [3.63, 3.8) is 0 Å². The van der Waals surface area contributed by atoms with Crippen molar-refractivity contribution in [2.24, 2.45) is 0 Å². The monoisotopic (exact) mass is 532 g/mol. The minimum atomic E-state index is 1.02. The quantitative estimate of drug-likeness (QED) is 0.0487. The summed E-state index contributed by atoms with van der Waals surface area (Å²) in [6.45, 7) is 21.3. The standard InChI is InChI=1S/C26H65N11/c1-27-9-17-34(5)19-14-33-15-20-35(6)18-13-31-7-8-32-16-24-37(23-12-30-4)26-25-36(21-10-28-2)22-11-29-3/h27-33H,7-26H2,1-6H3. The lowest BCUT2D eigenvalue weighted by Crippen LogP contribution is -2.44. The Morgan fingerprint density at radius 2 is 0.595 bits per heavy atom. The molecule has 0 aliphatic carbocycles. The summed E-state index contributed by atoms with van der Waals surface area (Å²) in [6.07, 6.45) is 0. The van der Waals surface area contributed by atoms with Crippen molar-refractivity contribution in [3.05, 3.63) is 0 Å². The number of nitrogens with zero attached hydrogens (tertiary/aromatic N) is 4. The number of rotatable bonds is 30. The number of likely N-dealkylation sites (N-methyl/N-ethyl adjacent to an activating group) is 6. The first-order chi connectivity index (χ1) is 18.1. The van der Waals surface area contributed by atoms with Gasteiger partial charge in [-0.25, -0.2) is 0 Å². The highest BCUT2D eigenvalue weighted by Gasteiger charge is 2.09. The maximum atomic E-state index is 3.62. The van der Waals surface area contributed by atoms with Gasteiger partial charge in [0, 0.05) is 131 Å². The van der Waals surface area contributed by atoms with Crippen molar-refractivity contribution < 1.29 is 0 Å². The van der Waals surface area contributed by atoms with Gasteiger partial charge in [-0.3, -0.25) is 9.80 Å². The van der Waals surface area contributed by atoms with Crippen LogP contribution in [-0.2, 0) is 0 Å². The molecule has 37 heavy (non-hydrogen) atoms. The Morgan fingerprint density at radius 1 is 0.324 bits per heavy atom. The molecule has 0 fully saturated rings. The zero-order chi connectivity index (χ0) is 27.4. The molecule has 0 rings (SSSR count). The summed E-state index contributed by atoms with van der Waals surface area (Å²) < 4.78 is 0. The van der Waals surface area contributed by atoms with Crippen LogP contribution in [0.5, 0.6) is 0 Å². The predicted molar refractivity (Wildman–Crippen MR) is 162 cm³/mol. The first-order valence-electron chi connectivity index (χ1n) is 14.6. The maximum Gasteiger partial charge on any atom is 0.0110 e. The molecule has 0 unspecified atom stereocenters. The topological polar surface area (TPSA) is 97.2 Å². The van der Waals surface area contributed by atoms with E-state index in [0.29, 0.717) is 0 Å². The second-order valence-corrected chi connectivity index (χ2v) is 9.95. The van der Waals surface area contributed by atoms with E-state index in [-0.39, 0.29) is 0 Å². The van der Waals surface area contributed by atoms with Gasteiger partial charge in [0.2, 0.25) is 0 Å². The predicted octanol–water partition coefficient (Wildman–Crippen LogP) is -2.90. The van der Waals surface area contributed by atoms with Crippen LogP contribution < -0.4 is 37.2 Å².